The van der Waals surface area contributed by atoms with Gasteiger partial charge in [0.1, 0.15) is 5.82 Å². The van der Waals surface area contributed by atoms with E-state index in [9.17, 15) is 14.3 Å². The van der Waals surface area contributed by atoms with Crippen molar-refractivity contribution in [3.63, 3.8) is 0 Å². The topological polar surface area (TPSA) is 75.4 Å². The molecule has 1 aliphatic rings. The number of nitrogens with one attached hydrogen (secondary N) is 1. The van der Waals surface area contributed by atoms with E-state index in [1.165, 1.54) is 18.2 Å². The summed E-state index contributed by atoms with van der Waals surface area (Å²) in [5.41, 5.74) is 4.94. The fourth-order valence-corrected chi connectivity index (χ4v) is 2.42. The van der Waals surface area contributed by atoms with E-state index in [1.54, 1.807) is 0 Å². The summed E-state index contributed by atoms with van der Waals surface area (Å²) in [4.78, 5) is 12.1. The lowest BCUT2D eigenvalue weighted by molar-refractivity contribution is 0.0839. The second-order valence-corrected chi connectivity index (χ2v) is 4.80. The smallest absolute Gasteiger partial charge is 0.253 e. The van der Waals surface area contributed by atoms with Crippen LogP contribution in [0, 0.1) is 5.82 Å². The minimum absolute atomic E-state index is 0.103. The Bertz CT molecular complexity index is 456. The second-order valence-electron chi connectivity index (χ2n) is 4.80. The van der Waals surface area contributed by atoms with Gasteiger partial charge in [-0.1, -0.05) is 18.9 Å². The van der Waals surface area contributed by atoms with Crippen LogP contribution in [0.25, 0.3) is 0 Å². The maximum atomic E-state index is 13.3. The van der Waals surface area contributed by atoms with Crippen LogP contribution in [0.2, 0.25) is 0 Å². The molecule has 0 radical (unpaired) electrons. The first kappa shape index (κ1) is 12.8. The highest BCUT2D eigenvalue weighted by molar-refractivity contribution is 5.99. The zero-order valence-corrected chi connectivity index (χ0v) is 10.1. The molecule has 0 aliphatic heterocycles. The number of amides is 1. The van der Waals surface area contributed by atoms with Gasteiger partial charge in [-0.25, -0.2) is 4.39 Å². The fraction of sp³-hybridized carbons (Fsp3) is 0.462. The maximum absolute atomic E-state index is 13.3. The Balaban J connectivity index is 2.19. The van der Waals surface area contributed by atoms with Crippen molar-refractivity contribution in [2.75, 3.05) is 12.3 Å². The zero-order chi connectivity index (χ0) is 13.2. The van der Waals surface area contributed by atoms with Crippen LogP contribution >= 0.6 is 0 Å². The number of hydrogen-bond acceptors (Lipinski definition) is 3. The van der Waals surface area contributed by atoms with Crippen LogP contribution in [-0.4, -0.2) is 23.2 Å². The van der Waals surface area contributed by atoms with Crippen molar-refractivity contribution in [1.82, 2.24) is 5.32 Å². The van der Waals surface area contributed by atoms with E-state index < -0.39 is 17.3 Å². The van der Waals surface area contributed by atoms with E-state index in [0.717, 1.165) is 25.7 Å². The predicted molar refractivity (Wildman–Crippen MR) is 66.6 cm³/mol. The van der Waals surface area contributed by atoms with Crippen LogP contribution in [0.1, 0.15) is 36.0 Å². The van der Waals surface area contributed by atoms with Crippen molar-refractivity contribution < 1.29 is 14.3 Å². The van der Waals surface area contributed by atoms with Gasteiger partial charge in [0.15, 0.2) is 0 Å². The van der Waals surface area contributed by atoms with Gasteiger partial charge in [0.25, 0.3) is 5.91 Å². The third kappa shape index (κ3) is 2.31. The Morgan fingerprint density at radius 1 is 1.44 bits per heavy atom. The Labute approximate surface area is 105 Å². The molecule has 0 heterocycles. The molecule has 0 atom stereocenters. The molecular formula is C13H17FN2O2. The lowest BCUT2D eigenvalue weighted by Crippen LogP contribution is -2.49. The number of benzene rings is 1. The predicted octanol–water partition coefficient (Wildman–Crippen LogP) is 1.44. The average molecular weight is 252 g/mol. The molecule has 1 saturated carbocycles. The third-order valence-electron chi connectivity index (χ3n) is 3.54. The van der Waals surface area contributed by atoms with Gasteiger partial charge >= 0.3 is 0 Å². The highest BCUT2D eigenvalue weighted by atomic mass is 19.1. The van der Waals surface area contributed by atoms with Gasteiger partial charge in [-0.2, -0.15) is 0 Å². The Kier molecular flexibility index (Phi) is 3.52. The minimum Gasteiger partial charge on any atom is -0.396 e. The van der Waals surface area contributed by atoms with Gasteiger partial charge in [-0.3, -0.25) is 4.79 Å². The third-order valence-corrected chi connectivity index (χ3v) is 3.54. The number of carbonyl (C=O) groups excluding carboxylic acids is 1. The Hall–Kier alpha value is -1.62. The highest BCUT2D eigenvalue weighted by Crippen LogP contribution is 2.30. The van der Waals surface area contributed by atoms with Crippen LogP contribution in [0.5, 0.6) is 0 Å². The largest absolute Gasteiger partial charge is 0.396 e. The zero-order valence-electron chi connectivity index (χ0n) is 10.1. The average Bonchev–Trinajstić information content (AvgIpc) is 2.81. The number of halogens is 1. The Morgan fingerprint density at radius 3 is 2.72 bits per heavy atom. The summed E-state index contributed by atoms with van der Waals surface area (Å²) in [5.74, 6) is -1.03. The lowest BCUT2D eigenvalue weighted by Gasteiger charge is -2.28. The van der Waals surface area contributed by atoms with E-state index in [2.05, 4.69) is 5.32 Å². The summed E-state index contributed by atoms with van der Waals surface area (Å²) in [6.45, 7) is -0.103. The van der Waals surface area contributed by atoms with E-state index in [1.807, 2.05) is 0 Å². The number of rotatable bonds is 3. The van der Waals surface area contributed by atoms with Crippen molar-refractivity contribution in [2.45, 2.75) is 31.2 Å². The van der Waals surface area contributed by atoms with Crippen molar-refractivity contribution >= 4 is 11.6 Å². The minimum atomic E-state index is -0.605. The second kappa shape index (κ2) is 4.94. The summed E-state index contributed by atoms with van der Waals surface area (Å²) >= 11 is 0. The molecule has 98 valence electrons. The van der Waals surface area contributed by atoms with E-state index >= 15 is 0 Å². The van der Waals surface area contributed by atoms with Crippen LogP contribution in [0.15, 0.2) is 18.2 Å². The number of aliphatic hydroxyl groups is 1. The molecule has 5 heteroatoms. The van der Waals surface area contributed by atoms with Gasteiger partial charge in [-0.15, -0.1) is 0 Å². The van der Waals surface area contributed by atoms with Crippen LogP contribution in [0.4, 0.5) is 10.1 Å². The molecule has 1 aliphatic carbocycles. The molecular weight excluding hydrogens is 235 g/mol. The normalized spacial score (nSPS) is 17.7. The summed E-state index contributed by atoms with van der Waals surface area (Å²) < 4.78 is 13.3. The van der Waals surface area contributed by atoms with Gasteiger partial charge < -0.3 is 16.2 Å². The standard InChI is InChI=1S/C13H17FN2O2/c14-10-5-3-4-9(11(10)15)12(18)16-13(8-17)6-1-2-7-13/h3-5,17H,1-2,6-8,15H2,(H,16,18). The fourth-order valence-electron chi connectivity index (χ4n) is 2.42. The molecule has 0 spiro atoms. The quantitative estimate of drug-likeness (QED) is 0.712. The molecule has 1 aromatic rings. The highest BCUT2D eigenvalue weighted by Gasteiger charge is 2.35. The summed E-state index contributed by atoms with van der Waals surface area (Å²) in [7, 11) is 0. The first-order chi connectivity index (χ1) is 8.58. The molecule has 0 aromatic heterocycles. The summed E-state index contributed by atoms with van der Waals surface area (Å²) in [6, 6.07) is 4.14. The number of para-hydroxylation sites is 1. The molecule has 0 unspecified atom stereocenters. The molecule has 0 bridgehead atoms. The molecule has 1 fully saturated rings. The summed E-state index contributed by atoms with van der Waals surface area (Å²) in [5, 5.41) is 12.2. The van der Waals surface area contributed by atoms with Crippen LogP contribution in [-0.2, 0) is 0 Å². The molecule has 1 amide bonds. The van der Waals surface area contributed by atoms with Gasteiger partial charge in [0, 0.05) is 0 Å². The summed E-state index contributed by atoms with van der Waals surface area (Å²) in [6.07, 6.45) is 3.42. The molecule has 1 aromatic carbocycles. The molecule has 4 nitrogen and oxygen atoms in total. The number of hydrogen-bond donors (Lipinski definition) is 3. The van der Waals surface area contributed by atoms with E-state index in [0.29, 0.717) is 0 Å². The SMILES string of the molecule is Nc1c(F)cccc1C(=O)NC1(CO)CCCC1. The Morgan fingerprint density at radius 2 is 2.11 bits per heavy atom. The van der Waals surface area contributed by atoms with Crippen molar-refractivity contribution in [2.24, 2.45) is 0 Å². The number of carbonyl (C=O) groups is 1. The molecule has 2 rings (SSSR count). The van der Waals surface area contributed by atoms with Gasteiger partial charge in [0.05, 0.1) is 23.4 Å². The van der Waals surface area contributed by atoms with Crippen molar-refractivity contribution in [3.05, 3.63) is 29.6 Å². The number of anilines is 1. The molecule has 4 N–H and O–H groups in total. The van der Waals surface area contributed by atoms with Crippen molar-refractivity contribution in [3.8, 4) is 0 Å². The lowest BCUT2D eigenvalue weighted by atomic mass is 9.98. The van der Waals surface area contributed by atoms with Gasteiger partial charge in [0.2, 0.25) is 0 Å². The van der Waals surface area contributed by atoms with E-state index in [-0.39, 0.29) is 17.9 Å². The molecule has 0 saturated heterocycles. The van der Waals surface area contributed by atoms with Crippen LogP contribution in [0.3, 0.4) is 0 Å². The number of nitrogen functional groups attached to an aromatic ring is 1. The first-order valence-corrected chi connectivity index (χ1v) is 6.05. The van der Waals surface area contributed by atoms with Gasteiger partial charge in [-0.05, 0) is 25.0 Å². The van der Waals surface area contributed by atoms with Crippen molar-refractivity contribution in [1.29, 1.82) is 0 Å². The van der Waals surface area contributed by atoms with E-state index in [4.69, 9.17) is 5.73 Å². The van der Waals surface area contributed by atoms with Crippen LogP contribution < -0.4 is 11.1 Å². The molecule has 18 heavy (non-hydrogen) atoms. The first-order valence-electron chi connectivity index (χ1n) is 6.05. The monoisotopic (exact) mass is 252 g/mol. The number of aliphatic hydroxyl groups excluding tert-OH is 1. The number of nitrogens with two attached hydrogens (primary N) is 1. The maximum Gasteiger partial charge on any atom is 0.253 e.